The Morgan fingerprint density at radius 3 is 3.10 bits per heavy atom. The van der Waals surface area contributed by atoms with Crippen LogP contribution in [-0.4, -0.2) is 42.0 Å². The number of piperidine rings is 1. The van der Waals surface area contributed by atoms with Crippen LogP contribution in [0.5, 0.6) is 5.88 Å². The highest BCUT2D eigenvalue weighted by atomic mass is 16.5. The summed E-state index contributed by atoms with van der Waals surface area (Å²) in [4.78, 5) is 29.0. The summed E-state index contributed by atoms with van der Waals surface area (Å²) in [6.07, 6.45) is 3.19. The number of rotatable bonds is 4. The van der Waals surface area contributed by atoms with Gasteiger partial charge in [0, 0.05) is 31.4 Å². The van der Waals surface area contributed by atoms with E-state index < -0.39 is 6.03 Å². The number of carbonyl (C=O) groups excluding carboxylic acids is 2. The van der Waals surface area contributed by atoms with Crippen molar-refractivity contribution in [3.8, 4) is 5.88 Å². The molecule has 7 heteroatoms. The first-order chi connectivity index (χ1) is 10.1. The highest BCUT2D eigenvalue weighted by Crippen LogP contribution is 2.17. The number of nitrogens with two attached hydrogens (primary N) is 1. The predicted octanol–water partition coefficient (Wildman–Crippen LogP) is 0.497. The number of amides is 3. The van der Waals surface area contributed by atoms with Crippen LogP contribution >= 0.6 is 0 Å². The normalized spacial score (nSPS) is 18.1. The third-order valence-corrected chi connectivity index (χ3v) is 3.60. The molecule has 3 amide bonds. The molecule has 0 aromatic carbocycles. The summed E-state index contributed by atoms with van der Waals surface area (Å²) >= 11 is 0. The Kier molecular flexibility index (Phi) is 4.97. The third kappa shape index (κ3) is 3.84. The maximum atomic E-state index is 12.2. The van der Waals surface area contributed by atoms with Crippen molar-refractivity contribution in [1.82, 2.24) is 15.2 Å². The molecule has 0 aliphatic carbocycles. The number of nitrogens with one attached hydrogen (secondary N) is 1. The van der Waals surface area contributed by atoms with Gasteiger partial charge in [0.2, 0.25) is 11.8 Å². The van der Waals surface area contributed by atoms with Gasteiger partial charge in [0.15, 0.2) is 0 Å². The second-order valence-corrected chi connectivity index (χ2v) is 5.01. The zero-order chi connectivity index (χ0) is 15.2. The number of nitrogens with zero attached hydrogens (tertiary/aromatic N) is 2. The molecule has 7 nitrogen and oxygen atoms in total. The van der Waals surface area contributed by atoms with Crippen LogP contribution in [0.1, 0.15) is 18.4 Å². The summed E-state index contributed by atoms with van der Waals surface area (Å²) in [7, 11) is 1.54. The van der Waals surface area contributed by atoms with Gasteiger partial charge in [0.05, 0.1) is 13.0 Å². The number of likely N-dealkylation sites (tertiary alicyclic amines) is 1. The van der Waals surface area contributed by atoms with Crippen molar-refractivity contribution in [3.05, 3.63) is 23.9 Å². The monoisotopic (exact) mass is 292 g/mol. The van der Waals surface area contributed by atoms with E-state index in [0.29, 0.717) is 25.5 Å². The van der Waals surface area contributed by atoms with Gasteiger partial charge in [-0.3, -0.25) is 4.79 Å². The topological polar surface area (TPSA) is 97.6 Å². The minimum Gasteiger partial charge on any atom is -0.481 e. The molecular weight excluding hydrogens is 272 g/mol. The lowest BCUT2D eigenvalue weighted by Crippen LogP contribution is -2.47. The van der Waals surface area contributed by atoms with Crippen LogP contribution in [0.3, 0.4) is 0 Å². The van der Waals surface area contributed by atoms with E-state index in [4.69, 9.17) is 10.5 Å². The van der Waals surface area contributed by atoms with E-state index in [2.05, 4.69) is 10.3 Å². The molecule has 2 heterocycles. The second kappa shape index (κ2) is 6.92. The van der Waals surface area contributed by atoms with Gasteiger partial charge in [0.25, 0.3) is 0 Å². The van der Waals surface area contributed by atoms with Crippen molar-refractivity contribution in [1.29, 1.82) is 0 Å². The summed E-state index contributed by atoms with van der Waals surface area (Å²) in [5.74, 6) is 0.209. The molecule has 0 saturated carbocycles. The molecule has 1 aliphatic rings. The van der Waals surface area contributed by atoms with Crippen LogP contribution in [0.4, 0.5) is 4.79 Å². The third-order valence-electron chi connectivity index (χ3n) is 3.60. The number of carbonyl (C=O) groups is 2. The van der Waals surface area contributed by atoms with Gasteiger partial charge in [-0.1, -0.05) is 6.07 Å². The average molecular weight is 292 g/mol. The Labute approximate surface area is 123 Å². The molecule has 1 fully saturated rings. The van der Waals surface area contributed by atoms with E-state index in [1.807, 2.05) is 6.07 Å². The minimum absolute atomic E-state index is 0.0770. The fourth-order valence-electron chi connectivity index (χ4n) is 2.46. The molecule has 1 aliphatic heterocycles. The maximum absolute atomic E-state index is 12.2. The molecule has 0 spiro atoms. The molecule has 2 rings (SSSR count). The Balaban J connectivity index is 1.91. The van der Waals surface area contributed by atoms with Gasteiger partial charge >= 0.3 is 6.03 Å². The van der Waals surface area contributed by atoms with Crippen LogP contribution in [0.15, 0.2) is 18.3 Å². The van der Waals surface area contributed by atoms with E-state index in [1.54, 1.807) is 19.4 Å². The average Bonchev–Trinajstić information content (AvgIpc) is 2.52. The lowest BCUT2D eigenvalue weighted by atomic mass is 9.97. The molecule has 1 unspecified atom stereocenters. The van der Waals surface area contributed by atoms with Gasteiger partial charge in [0.1, 0.15) is 0 Å². The Hall–Kier alpha value is -2.31. The van der Waals surface area contributed by atoms with E-state index in [1.165, 1.54) is 4.90 Å². The summed E-state index contributed by atoms with van der Waals surface area (Å²) in [5.41, 5.74) is 6.08. The smallest absolute Gasteiger partial charge is 0.314 e. The van der Waals surface area contributed by atoms with Gasteiger partial charge in [-0.15, -0.1) is 0 Å². The van der Waals surface area contributed by atoms with Crippen LogP contribution in [-0.2, 0) is 11.3 Å². The molecule has 114 valence electrons. The summed E-state index contributed by atoms with van der Waals surface area (Å²) in [6, 6.07) is 3.17. The van der Waals surface area contributed by atoms with Crippen molar-refractivity contribution in [2.24, 2.45) is 11.7 Å². The minimum atomic E-state index is -0.471. The standard InChI is InChI=1S/C14H20N4O3/c1-21-13-10(4-2-6-16-13)8-17-12(19)11-5-3-7-18(9-11)14(15)20/h2,4,6,11H,3,5,7-9H2,1H3,(H2,15,20)(H,17,19). The fourth-order valence-corrected chi connectivity index (χ4v) is 2.46. The molecule has 1 aromatic rings. The summed E-state index contributed by atoms with van der Waals surface area (Å²) in [6.45, 7) is 1.35. The van der Waals surface area contributed by atoms with Gasteiger partial charge in [-0.25, -0.2) is 9.78 Å². The first-order valence-electron chi connectivity index (χ1n) is 6.91. The van der Waals surface area contributed by atoms with E-state index >= 15 is 0 Å². The molecule has 0 radical (unpaired) electrons. The Morgan fingerprint density at radius 1 is 1.57 bits per heavy atom. The lowest BCUT2D eigenvalue weighted by molar-refractivity contribution is -0.126. The molecule has 1 aromatic heterocycles. The quantitative estimate of drug-likeness (QED) is 0.844. The largest absolute Gasteiger partial charge is 0.481 e. The van der Waals surface area contributed by atoms with Crippen LogP contribution in [0.25, 0.3) is 0 Å². The molecular formula is C14H20N4O3. The zero-order valence-corrected chi connectivity index (χ0v) is 12.0. The van der Waals surface area contributed by atoms with Gasteiger partial charge in [-0.05, 0) is 18.9 Å². The highest BCUT2D eigenvalue weighted by Gasteiger charge is 2.27. The van der Waals surface area contributed by atoms with Crippen molar-refractivity contribution < 1.29 is 14.3 Å². The highest BCUT2D eigenvalue weighted by molar-refractivity contribution is 5.80. The van der Waals surface area contributed by atoms with Gasteiger partial charge < -0.3 is 20.7 Å². The predicted molar refractivity (Wildman–Crippen MR) is 76.5 cm³/mol. The SMILES string of the molecule is COc1ncccc1CNC(=O)C1CCCN(C(N)=O)C1. The second-order valence-electron chi connectivity index (χ2n) is 5.01. The van der Waals surface area contributed by atoms with E-state index in [0.717, 1.165) is 18.4 Å². The Morgan fingerprint density at radius 2 is 2.38 bits per heavy atom. The maximum Gasteiger partial charge on any atom is 0.314 e. The Bertz CT molecular complexity index is 521. The molecule has 3 N–H and O–H groups in total. The molecule has 0 bridgehead atoms. The zero-order valence-electron chi connectivity index (χ0n) is 12.0. The number of ether oxygens (including phenoxy) is 1. The number of methoxy groups -OCH3 is 1. The number of primary amides is 1. The number of pyridine rings is 1. The van der Waals surface area contributed by atoms with E-state index in [9.17, 15) is 9.59 Å². The van der Waals surface area contributed by atoms with Crippen molar-refractivity contribution in [2.75, 3.05) is 20.2 Å². The summed E-state index contributed by atoms with van der Waals surface area (Å²) in [5, 5.41) is 2.87. The number of urea groups is 1. The number of aromatic nitrogens is 1. The van der Waals surface area contributed by atoms with Crippen molar-refractivity contribution in [3.63, 3.8) is 0 Å². The number of hydrogen-bond donors (Lipinski definition) is 2. The number of hydrogen-bond acceptors (Lipinski definition) is 4. The molecule has 1 atom stereocenters. The van der Waals surface area contributed by atoms with Gasteiger partial charge in [-0.2, -0.15) is 0 Å². The lowest BCUT2D eigenvalue weighted by Gasteiger charge is -2.30. The molecule has 1 saturated heterocycles. The first-order valence-corrected chi connectivity index (χ1v) is 6.91. The van der Waals surface area contributed by atoms with E-state index in [-0.39, 0.29) is 11.8 Å². The van der Waals surface area contributed by atoms with Crippen LogP contribution in [0, 0.1) is 5.92 Å². The van der Waals surface area contributed by atoms with Crippen molar-refractivity contribution in [2.45, 2.75) is 19.4 Å². The first kappa shape index (κ1) is 15.1. The van der Waals surface area contributed by atoms with Crippen molar-refractivity contribution >= 4 is 11.9 Å². The fraction of sp³-hybridized carbons (Fsp3) is 0.500. The van der Waals surface area contributed by atoms with Crippen LogP contribution < -0.4 is 15.8 Å². The molecule has 21 heavy (non-hydrogen) atoms. The van der Waals surface area contributed by atoms with Crippen LogP contribution in [0.2, 0.25) is 0 Å². The summed E-state index contributed by atoms with van der Waals surface area (Å²) < 4.78 is 5.14.